The monoisotopic (exact) mass is 371 g/mol. The molecule has 7 heteroatoms. The van der Waals surface area contributed by atoms with Crippen LogP contribution in [0.4, 0.5) is 0 Å². The van der Waals surface area contributed by atoms with Crippen LogP contribution in [0.2, 0.25) is 10.0 Å². The third kappa shape index (κ3) is 5.10. The minimum atomic E-state index is -0.0581. The van der Waals surface area contributed by atoms with Crippen molar-refractivity contribution in [2.45, 2.75) is 26.3 Å². The lowest BCUT2D eigenvalue weighted by molar-refractivity contribution is -0.123. The van der Waals surface area contributed by atoms with Crippen LogP contribution in [0, 0.1) is 0 Å². The van der Waals surface area contributed by atoms with Crippen molar-refractivity contribution in [2.24, 2.45) is 0 Å². The Morgan fingerprint density at radius 1 is 1.17 bits per heavy atom. The van der Waals surface area contributed by atoms with Crippen LogP contribution >= 0.6 is 23.2 Å². The van der Waals surface area contributed by atoms with Crippen molar-refractivity contribution in [3.8, 4) is 0 Å². The molecule has 1 aliphatic heterocycles. The highest BCUT2D eigenvalue weighted by molar-refractivity contribution is 6.42. The first-order chi connectivity index (χ1) is 11.4. The first-order valence-electron chi connectivity index (χ1n) is 8.16. The van der Waals surface area contributed by atoms with Gasteiger partial charge in [-0.2, -0.15) is 0 Å². The number of amides is 2. The van der Waals surface area contributed by atoms with Crippen molar-refractivity contribution in [1.29, 1.82) is 0 Å². The molecule has 1 aromatic carbocycles. The molecule has 2 rings (SSSR count). The largest absolute Gasteiger partial charge is 0.353 e. The van der Waals surface area contributed by atoms with Gasteiger partial charge >= 0.3 is 0 Å². The topological polar surface area (TPSA) is 52.7 Å². The maximum absolute atomic E-state index is 12.5. The molecule has 1 atom stereocenters. The Morgan fingerprint density at radius 3 is 2.42 bits per heavy atom. The number of hydrogen-bond donors (Lipinski definition) is 1. The van der Waals surface area contributed by atoms with E-state index in [4.69, 9.17) is 23.2 Å². The molecule has 24 heavy (non-hydrogen) atoms. The van der Waals surface area contributed by atoms with Gasteiger partial charge in [-0.1, -0.05) is 30.1 Å². The predicted octanol–water partition coefficient (Wildman–Crippen LogP) is 2.67. The number of nitrogens with one attached hydrogen (secondary N) is 1. The molecule has 5 nitrogen and oxygen atoms in total. The quantitative estimate of drug-likeness (QED) is 0.865. The molecule has 1 fully saturated rings. The Labute approximate surface area is 152 Å². The molecule has 0 saturated carbocycles. The van der Waals surface area contributed by atoms with Crippen LogP contribution in [0.1, 0.15) is 30.6 Å². The predicted molar refractivity (Wildman–Crippen MR) is 96.7 cm³/mol. The van der Waals surface area contributed by atoms with Gasteiger partial charge in [-0.3, -0.25) is 14.5 Å². The fourth-order valence-corrected chi connectivity index (χ4v) is 2.84. The van der Waals surface area contributed by atoms with Gasteiger partial charge in [-0.15, -0.1) is 0 Å². The molecule has 0 spiro atoms. The lowest BCUT2D eigenvalue weighted by Gasteiger charge is -2.34. The minimum Gasteiger partial charge on any atom is -0.353 e. The average Bonchev–Trinajstić information content (AvgIpc) is 2.57. The van der Waals surface area contributed by atoms with Crippen LogP contribution in [0.25, 0.3) is 0 Å². The summed E-state index contributed by atoms with van der Waals surface area (Å²) in [5.74, 6) is -0.0223. The fraction of sp³-hybridized carbons (Fsp3) is 0.529. The highest BCUT2D eigenvalue weighted by Gasteiger charge is 2.23. The Kier molecular flexibility index (Phi) is 6.90. The zero-order valence-electron chi connectivity index (χ0n) is 14.0. The Balaban J connectivity index is 1.84. The number of nitrogens with zero attached hydrogens (tertiary/aromatic N) is 2. The van der Waals surface area contributed by atoms with Crippen molar-refractivity contribution in [2.75, 3.05) is 32.7 Å². The summed E-state index contributed by atoms with van der Waals surface area (Å²) in [5, 5.41) is 3.77. The van der Waals surface area contributed by atoms with Crippen LogP contribution in [-0.4, -0.2) is 60.4 Å². The number of piperazine rings is 1. The summed E-state index contributed by atoms with van der Waals surface area (Å²) in [6.07, 6.45) is 0.914. The van der Waals surface area contributed by atoms with Crippen molar-refractivity contribution in [3.63, 3.8) is 0 Å². The van der Waals surface area contributed by atoms with E-state index in [0.717, 1.165) is 6.42 Å². The third-order valence-corrected chi connectivity index (χ3v) is 4.95. The molecule has 1 heterocycles. The van der Waals surface area contributed by atoms with Crippen LogP contribution in [0.15, 0.2) is 18.2 Å². The second kappa shape index (κ2) is 8.70. The molecular weight excluding hydrogens is 349 g/mol. The van der Waals surface area contributed by atoms with Crippen LogP contribution in [0.3, 0.4) is 0 Å². The molecule has 0 aromatic heterocycles. The Hall–Kier alpha value is -1.30. The summed E-state index contributed by atoms with van der Waals surface area (Å²) >= 11 is 11.9. The molecule has 0 aliphatic carbocycles. The van der Waals surface area contributed by atoms with Gasteiger partial charge in [-0.25, -0.2) is 0 Å². The molecule has 1 aliphatic rings. The number of benzene rings is 1. The summed E-state index contributed by atoms with van der Waals surface area (Å²) in [5.41, 5.74) is 0.535. The number of halogens is 2. The molecule has 2 amide bonds. The van der Waals surface area contributed by atoms with E-state index in [1.807, 2.05) is 13.8 Å². The van der Waals surface area contributed by atoms with Crippen molar-refractivity contribution in [3.05, 3.63) is 33.8 Å². The molecule has 0 radical (unpaired) electrons. The van der Waals surface area contributed by atoms with Gasteiger partial charge in [0.25, 0.3) is 5.91 Å². The first kappa shape index (κ1) is 19.0. The lowest BCUT2D eigenvalue weighted by Crippen LogP contribution is -2.51. The highest BCUT2D eigenvalue weighted by atomic mass is 35.5. The van der Waals surface area contributed by atoms with E-state index in [1.165, 1.54) is 0 Å². The van der Waals surface area contributed by atoms with Gasteiger partial charge in [0.2, 0.25) is 5.91 Å². The maximum Gasteiger partial charge on any atom is 0.253 e. The van der Waals surface area contributed by atoms with Gasteiger partial charge in [-0.05, 0) is 31.5 Å². The number of hydrogen-bond acceptors (Lipinski definition) is 3. The summed E-state index contributed by atoms with van der Waals surface area (Å²) in [7, 11) is 0. The van der Waals surface area contributed by atoms with E-state index in [2.05, 4.69) is 10.2 Å². The van der Waals surface area contributed by atoms with Gasteiger partial charge in [0, 0.05) is 37.8 Å². The lowest BCUT2D eigenvalue weighted by atomic mass is 10.2. The molecular formula is C17H23Cl2N3O2. The molecule has 1 N–H and O–H groups in total. The van der Waals surface area contributed by atoms with Crippen molar-refractivity contribution in [1.82, 2.24) is 15.1 Å². The van der Waals surface area contributed by atoms with E-state index < -0.39 is 0 Å². The highest BCUT2D eigenvalue weighted by Crippen LogP contribution is 2.23. The van der Waals surface area contributed by atoms with Crippen molar-refractivity contribution < 1.29 is 9.59 Å². The van der Waals surface area contributed by atoms with E-state index in [-0.39, 0.29) is 17.9 Å². The van der Waals surface area contributed by atoms with E-state index in [9.17, 15) is 9.59 Å². The first-order valence-corrected chi connectivity index (χ1v) is 8.92. The molecule has 1 saturated heterocycles. The smallest absolute Gasteiger partial charge is 0.253 e. The number of rotatable bonds is 5. The molecule has 132 valence electrons. The van der Waals surface area contributed by atoms with E-state index in [1.54, 1.807) is 23.1 Å². The second-order valence-electron chi connectivity index (χ2n) is 6.07. The van der Waals surface area contributed by atoms with Gasteiger partial charge < -0.3 is 10.2 Å². The summed E-state index contributed by atoms with van der Waals surface area (Å²) in [4.78, 5) is 28.3. The second-order valence-corrected chi connectivity index (χ2v) is 6.89. The molecule has 1 aromatic rings. The summed E-state index contributed by atoms with van der Waals surface area (Å²) in [6.45, 7) is 6.95. The van der Waals surface area contributed by atoms with E-state index >= 15 is 0 Å². The molecule has 1 unspecified atom stereocenters. The van der Waals surface area contributed by atoms with Crippen molar-refractivity contribution >= 4 is 35.0 Å². The number of carbonyl (C=O) groups is 2. The van der Waals surface area contributed by atoms with Crippen LogP contribution in [-0.2, 0) is 4.79 Å². The zero-order valence-corrected chi connectivity index (χ0v) is 15.5. The average molecular weight is 372 g/mol. The number of carbonyl (C=O) groups excluding carboxylic acids is 2. The zero-order chi connectivity index (χ0) is 17.7. The fourth-order valence-electron chi connectivity index (χ4n) is 2.55. The van der Waals surface area contributed by atoms with E-state index in [0.29, 0.717) is 48.3 Å². The van der Waals surface area contributed by atoms with Crippen LogP contribution in [0.5, 0.6) is 0 Å². The SMILES string of the molecule is CCC(C)NC(=O)CN1CCN(C(=O)c2ccc(Cl)c(Cl)c2)CC1. The maximum atomic E-state index is 12.5. The standard InChI is InChI=1S/C17H23Cl2N3O2/c1-3-12(2)20-16(23)11-21-6-8-22(9-7-21)17(24)13-4-5-14(18)15(19)10-13/h4-5,10,12H,3,6-9,11H2,1-2H3,(H,20,23). The Morgan fingerprint density at radius 2 is 1.83 bits per heavy atom. The summed E-state index contributed by atoms with van der Waals surface area (Å²) in [6, 6.07) is 5.10. The normalized spacial score (nSPS) is 16.8. The van der Waals surface area contributed by atoms with Gasteiger partial charge in [0.05, 0.1) is 16.6 Å². The van der Waals surface area contributed by atoms with Gasteiger partial charge in [0.15, 0.2) is 0 Å². The minimum absolute atomic E-state index is 0.0357. The Bertz CT molecular complexity index is 601. The van der Waals surface area contributed by atoms with Gasteiger partial charge in [0.1, 0.15) is 0 Å². The summed E-state index contributed by atoms with van der Waals surface area (Å²) < 4.78 is 0. The third-order valence-electron chi connectivity index (χ3n) is 4.21. The molecule has 0 bridgehead atoms. The van der Waals surface area contributed by atoms with Crippen LogP contribution < -0.4 is 5.32 Å².